The summed E-state index contributed by atoms with van der Waals surface area (Å²) in [5.41, 5.74) is 2.55. The zero-order valence-corrected chi connectivity index (χ0v) is 21.6. The fourth-order valence-corrected chi connectivity index (χ4v) is 4.48. The highest BCUT2D eigenvalue weighted by Crippen LogP contribution is 2.43. The van der Waals surface area contributed by atoms with Gasteiger partial charge in [-0.1, -0.05) is 56.6 Å². The molecule has 1 amide bonds. The average molecular weight is 506 g/mol. The van der Waals surface area contributed by atoms with Crippen molar-refractivity contribution in [1.29, 1.82) is 0 Å². The normalized spacial score (nSPS) is 17.4. The Kier molecular flexibility index (Phi) is 6.83. The maximum absolute atomic E-state index is 13.4. The molecule has 3 aromatic carbocycles. The number of halogens is 1. The molecule has 6 nitrogen and oxygen atoms in total. The van der Waals surface area contributed by atoms with Gasteiger partial charge in [0.1, 0.15) is 17.3 Å². The van der Waals surface area contributed by atoms with Gasteiger partial charge in [0.05, 0.1) is 30.9 Å². The lowest BCUT2D eigenvalue weighted by Crippen LogP contribution is -2.29. The number of hydrogen-bond donors (Lipinski definition) is 1. The van der Waals surface area contributed by atoms with Gasteiger partial charge in [-0.15, -0.1) is 0 Å². The number of hydrogen-bond acceptors (Lipinski definition) is 5. The van der Waals surface area contributed by atoms with Crippen LogP contribution in [0.4, 0.5) is 5.69 Å². The van der Waals surface area contributed by atoms with Crippen molar-refractivity contribution in [3.05, 3.63) is 94.0 Å². The molecule has 3 aromatic rings. The van der Waals surface area contributed by atoms with E-state index in [1.807, 2.05) is 24.3 Å². The number of carbonyl (C=O) groups is 2. The van der Waals surface area contributed by atoms with Gasteiger partial charge in [0.2, 0.25) is 0 Å². The maximum atomic E-state index is 13.4. The van der Waals surface area contributed by atoms with Crippen molar-refractivity contribution >= 4 is 34.7 Å². The van der Waals surface area contributed by atoms with Crippen molar-refractivity contribution in [3.63, 3.8) is 0 Å². The highest BCUT2D eigenvalue weighted by molar-refractivity contribution is 6.51. The number of Topliss-reactive ketones (excluding diaryl/α,β-unsaturated/α-hetero) is 1. The fourth-order valence-electron chi connectivity index (χ4n) is 4.29. The molecule has 1 aliphatic rings. The van der Waals surface area contributed by atoms with Gasteiger partial charge in [-0.2, -0.15) is 0 Å². The van der Waals surface area contributed by atoms with E-state index in [9.17, 15) is 14.7 Å². The van der Waals surface area contributed by atoms with E-state index < -0.39 is 17.7 Å². The minimum Gasteiger partial charge on any atom is -0.507 e. The Bertz CT molecular complexity index is 1340. The van der Waals surface area contributed by atoms with Crippen molar-refractivity contribution in [1.82, 2.24) is 0 Å². The van der Waals surface area contributed by atoms with Crippen LogP contribution in [-0.2, 0) is 15.0 Å². The molecule has 1 saturated heterocycles. The van der Waals surface area contributed by atoms with Crippen LogP contribution in [0, 0.1) is 0 Å². The summed E-state index contributed by atoms with van der Waals surface area (Å²) in [6, 6.07) is 18.5. The van der Waals surface area contributed by atoms with Crippen LogP contribution in [0.25, 0.3) is 5.76 Å². The van der Waals surface area contributed by atoms with Gasteiger partial charge in [0.25, 0.3) is 11.7 Å². The number of aliphatic hydroxyl groups is 1. The van der Waals surface area contributed by atoms with Gasteiger partial charge < -0.3 is 14.6 Å². The first-order valence-corrected chi connectivity index (χ1v) is 11.8. The van der Waals surface area contributed by atoms with Crippen LogP contribution in [0.2, 0.25) is 5.02 Å². The third kappa shape index (κ3) is 4.56. The first-order chi connectivity index (χ1) is 17.1. The number of nitrogens with zero attached hydrogens (tertiary/aromatic N) is 1. The molecule has 1 unspecified atom stereocenters. The van der Waals surface area contributed by atoms with Crippen molar-refractivity contribution in [3.8, 4) is 11.5 Å². The van der Waals surface area contributed by atoms with Gasteiger partial charge in [-0.25, -0.2) is 0 Å². The van der Waals surface area contributed by atoms with Gasteiger partial charge in [0.15, 0.2) is 0 Å². The topological polar surface area (TPSA) is 76.1 Å². The molecule has 4 rings (SSSR count). The number of ketones is 1. The Morgan fingerprint density at radius 1 is 0.917 bits per heavy atom. The summed E-state index contributed by atoms with van der Waals surface area (Å²) in [5, 5.41) is 11.7. The Hall–Kier alpha value is -3.77. The van der Waals surface area contributed by atoms with Crippen LogP contribution in [0.15, 0.2) is 72.3 Å². The molecule has 1 heterocycles. The number of rotatable bonds is 5. The summed E-state index contributed by atoms with van der Waals surface area (Å²) < 4.78 is 10.5. The van der Waals surface area contributed by atoms with E-state index in [0.29, 0.717) is 33.3 Å². The van der Waals surface area contributed by atoms with Crippen molar-refractivity contribution in [2.75, 3.05) is 19.1 Å². The van der Waals surface area contributed by atoms with E-state index in [1.54, 1.807) is 43.5 Å². The minimum absolute atomic E-state index is 0.0105. The first-order valence-electron chi connectivity index (χ1n) is 11.5. The van der Waals surface area contributed by atoms with Crippen molar-refractivity contribution in [2.45, 2.75) is 32.2 Å². The highest BCUT2D eigenvalue weighted by atomic mass is 35.5. The van der Waals surface area contributed by atoms with Crippen molar-refractivity contribution < 1.29 is 24.2 Å². The minimum atomic E-state index is -0.839. The van der Waals surface area contributed by atoms with Gasteiger partial charge in [0, 0.05) is 11.3 Å². The van der Waals surface area contributed by atoms with E-state index in [1.165, 1.54) is 18.1 Å². The molecule has 1 atom stereocenters. The van der Waals surface area contributed by atoms with E-state index in [2.05, 4.69) is 20.8 Å². The summed E-state index contributed by atoms with van der Waals surface area (Å²) >= 11 is 6.15. The number of amides is 1. The molecule has 186 valence electrons. The summed E-state index contributed by atoms with van der Waals surface area (Å²) in [6.07, 6.45) is 0. The van der Waals surface area contributed by atoms with Crippen LogP contribution >= 0.6 is 11.6 Å². The average Bonchev–Trinajstić information content (AvgIpc) is 3.13. The lowest BCUT2D eigenvalue weighted by molar-refractivity contribution is -0.132. The molecule has 0 bridgehead atoms. The monoisotopic (exact) mass is 505 g/mol. The Labute approximate surface area is 215 Å². The van der Waals surface area contributed by atoms with Gasteiger partial charge >= 0.3 is 0 Å². The van der Waals surface area contributed by atoms with Gasteiger partial charge in [-0.3, -0.25) is 14.5 Å². The van der Waals surface area contributed by atoms with Crippen LogP contribution in [-0.4, -0.2) is 31.0 Å². The number of ether oxygens (including phenoxy) is 2. The largest absolute Gasteiger partial charge is 0.507 e. The van der Waals surface area contributed by atoms with E-state index in [-0.39, 0.29) is 16.7 Å². The number of carbonyl (C=O) groups excluding carboxylic acids is 2. The molecule has 0 aromatic heterocycles. The predicted octanol–water partition coefficient (Wildman–Crippen LogP) is 6.28. The Balaban J connectivity index is 1.92. The lowest BCUT2D eigenvalue weighted by Gasteiger charge is -2.26. The molecule has 1 aliphatic heterocycles. The highest BCUT2D eigenvalue weighted by Gasteiger charge is 2.47. The summed E-state index contributed by atoms with van der Waals surface area (Å²) in [6.45, 7) is 6.33. The number of benzene rings is 3. The Morgan fingerprint density at radius 3 is 2.11 bits per heavy atom. The molecule has 0 saturated carbocycles. The summed E-state index contributed by atoms with van der Waals surface area (Å²) in [5.74, 6) is -0.843. The molecule has 0 aliphatic carbocycles. The molecular weight excluding hydrogens is 478 g/mol. The third-order valence-electron chi connectivity index (χ3n) is 6.31. The molecule has 36 heavy (non-hydrogen) atoms. The third-order valence-corrected chi connectivity index (χ3v) is 6.62. The maximum Gasteiger partial charge on any atom is 0.300 e. The summed E-state index contributed by atoms with van der Waals surface area (Å²) in [4.78, 5) is 28.1. The second-order valence-corrected chi connectivity index (χ2v) is 10.00. The van der Waals surface area contributed by atoms with E-state index in [4.69, 9.17) is 21.1 Å². The number of aliphatic hydroxyl groups excluding tert-OH is 1. The molecular formula is C29H28ClNO5. The number of methoxy groups -OCH3 is 2. The lowest BCUT2D eigenvalue weighted by atomic mass is 9.85. The second-order valence-electron chi connectivity index (χ2n) is 9.59. The Morgan fingerprint density at radius 2 is 1.56 bits per heavy atom. The van der Waals surface area contributed by atoms with Crippen molar-refractivity contribution in [2.24, 2.45) is 0 Å². The van der Waals surface area contributed by atoms with Gasteiger partial charge in [-0.05, 0) is 59.0 Å². The van der Waals surface area contributed by atoms with Crippen LogP contribution < -0.4 is 14.4 Å². The quantitative estimate of drug-likeness (QED) is 0.251. The van der Waals surface area contributed by atoms with E-state index in [0.717, 1.165) is 5.56 Å². The van der Waals surface area contributed by atoms with E-state index >= 15 is 0 Å². The van der Waals surface area contributed by atoms with Crippen LogP contribution in [0.1, 0.15) is 43.5 Å². The zero-order valence-electron chi connectivity index (χ0n) is 20.8. The standard InChI is InChI=1S/C29H28ClNO5/c1-29(2,3)19-9-6-17(7-10-19)25-24(26(32)18-8-15-22(30)23(16-18)36-5)27(33)28(34)31(25)20-11-13-21(35-4)14-12-20/h6-16,25,32H,1-5H3/b26-24-. The molecule has 0 radical (unpaired) electrons. The predicted molar refractivity (Wildman–Crippen MR) is 141 cm³/mol. The smallest absolute Gasteiger partial charge is 0.300 e. The first kappa shape index (κ1) is 25.3. The van der Waals surface area contributed by atoms with Crippen LogP contribution in [0.5, 0.6) is 11.5 Å². The summed E-state index contributed by atoms with van der Waals surface area (Å²) in [7, 11) is 3.02. The zero-order chi connectivity index (χ0) is 26.2. The molecule has 0 spiro atoms. The second kappa shape index (κ2) is 9.70. The molecule has 1 fully saturated rings. The number of anilines is 1. The van der Waals surface area contributed by atoms with Crippen LogP contribution in [0.3, 0.4) is 0 Å². The fraction of sp³-hybridized carbons (Fsp3) is 0.241. The molecule has 1 N–H and O–H groups in total. The molecule has 7 heteroatoms. The SMILES string of the molecule is COc1ccc(N2C(=O)C(=O)/C(=C(\O)c3ccc(Cl)c(OC)c3)C2c2ccc(C(C)(C)C)cc2)cc1.